The van der Waals surface area contributed by atoms with Crippen molar-refractivity contribution in [1.82, 2.24) is 14.8 Å². The predicted octanol–water partition coefficient (Wildman–Crippen LogP) is 4.18. The van der Waals surface area contributed by atoms with E-state index in [9.17, 15) is 9.59 Å². The molecule has 7 nitrogen and oxygen atoms in total. The maximum absolute atomic E-state index is 13.0. The van der Waals surface area contributed by atoms with Crippen LogP contribution in [0.4, 0.5) is 10.5 Å². The number of nitrogens with one attached hydrogen (secondary N) is 2. The summed E-state index contributed by atoms with van der Waals surface area (Å²) in [5.41, 5.74) is 1.53. The summed E-state index contributed by atoms with van der Waals surface area (Å²) in [7, 11) is 5.56. The minimum Gasteiger partial charge on any atom is -0.497 e. The summed E-state index contributed by atoms with van der Waals surface area (Å²) in [4.78, 5) is 32.3. The van der Waals surface area contributed by atoms with Gasteiger partial charge in [0.05, 0.1) is 24.4 Å². The minimum atomic E-state index is -0.308. The highest BCUT2D eigenvalue weighted by Gasteiger charge is 2.17. The van der Waals surface area contributed by atoms with Gasteiger partial charge in [-0.15, -0.1) is 0 Å². The Morgan fingerprint density at radius 2 is 1.90 bits per heavy atom. The van der Waals surface area contributed by atoms with E-state index in [1.165, 1.54) is 0 Å². The van der Waals surface area contributed by atoms with Crippen LogP contribution < -0.4 is 15.6 Å². The molecule has 31 heavy (non-hydrogen) atoms. The number of carbonyl (C=O) groups excluding carboxylic acids is 1. The van der Waals surface area contributed by atoms with Gasteiger partial charge in [-0.2, -0.15) is 0 Å². The fourth-order valence-corrected chi connectivity index (χ4v) is 3.45. The number of aromatic amines is 1. The molecule has 2 amide bonds. The number of aromatic nitrogens is 1. The maximum Gasteiger partial charge on any atom is 0.322 e. The molecule has 3 rings (SSSR count). The third-order valence-corrected chi connectivity index (χ3v) is 5.26. The first-order valence-electron chi connectivity index (χ1n) is 10.0. The number of halogens is 1. The summed E-state index contributed by atoms with van der Waals surface area (Å²) in [6, 6.07) is 14.0. The largest absolute Gasteiger partial charge is 0.497 e. The first-order chi connectivity index (χ1) is 14.9. The van der Waals surface area contributed by atoms with Gasteiger partial charge in [0.1, 0.15) is 5.75 Å². The number of para-hydroxylation sites is 1. The molecular formula is C23H27ClN4O3. The average molecular weight is 443 g/mol. The Morgan fingerprint density at radius 1 is 1.13 bits per heavy atom. The van der Waals surface area contributed by atoms with Crippen molar-refractivity contribution >= 4 is 34.2 Å². The Hall–Kier alpha value is -3.03. The average Bonchev–Trinajstić information content (AvgIpc) is 2.74. The first kappa shape index (κ1) is 22.7. The number of rotatable bonds is 8. The highest BCUT2D eigenvalue weighted by Crippen LogP contribution is 2.22. The Balaban J connectivity index is 1.86. The third-order valence-electron chi connectivity index (χ3n) is 4.93. The third kappa shape index (κ3) is 5.99. The summed E-state index contributed by atoms with van der Waals surface area (Å²) in [6.45, 7) is 1.48. The second-order valence-electron chi connectivity index (χ2n) is 7.57. The Labute approximate surface area is 186 Å². The normalized spacial score (nSPS) is 11.0. The molecule has 2 N–H and O–H groups in total. The van der Waals surface area contributed by atoms with E-state index in [1.807, 2.05) is 20.2 Å². The zero-order valence-corrected chi connectivity index (χ0v) is 18.7. The van der Waals surface area contributed by atoms with Crippen molar-refractivity contribution in [2.24, 2.45) is 0 Å². The molecule has 0 radical (unpaired) electrons. The number of amides is 2. The van der Waals surface area contributed by atoms with Crippen LogP contribution in [0.3, 0.4) is 0 Å². The van der Waals surface area contributed by atoms with Crippen LogP contribution in [0.15, 0.2) is 53.3 Å². The van der Waals surface area contributed by atoms with Gasteiger partial charge in [0.2, 0.25) is 0 Å². The van der Waals surface area contributed by atoms with E-state index in [-0.39, 0.29) is 18.1 Å². The van der Waals surface area contributed by atoms with Gasteiger partial charge in [0, 0.05) is 23.0 Å². The van der Waals surface area contributed by atoms with E-state index in [4.69, 9.17) is 16.3 Å². The summed E-state index contributed by atoms with van der Waals surface area (Å²) in [6.07, 6.45) is 0.766. The van der Waals surface area contributed by atoms with Gasteiger partial charge in [-0.05, 0) is 63.5 Å². The number of fused-ring (bicyclic) bond motifs is 1. The van der Waals surface area contributed by atoms with Gasteiger partial charge in [0.25, 0.3) is 5.56 Å². The number of methoxy groups -OCH3 is 1. The predicted molar refractivity (Wildman–Crippen MR) is 125 cm³/mol. The van der Waals surface area contributed by atoms with Gasteiger partial charge in [-0.25, -0.2) is 4.79 Å². The Kier molecular flexibility index (Phi) is 7.55. The van der Waals surface area contributed by atoms with Crippen LogP contribution in [-0.2, 0) is 6.54 Å². The van der Waals surface area contributed by atoms with Crippen molar-refractivity contribution in [2.45, 2.75) is 13.0 Å². The molecule has 3 aromatic rings. The molecule has 0 aliphatic rings. The van der Waals surface area contributed by atoms with Crippen molar-refractivity contribution in [2.75, 3.05) is 39.6 Å². The van der Waals surface area contributed by atoms with Crippen molar-refractivity contribution in [3.05, 3.63) is 69.5 Å². The number of urea groups is 1. The molecule has 2 aromatic carbocycles. The molecule has 0 aliphatic carbocycles. The number of anilines is 1. The van der Waals surface area contributed by atoms with Crippen molar-refractivity contribution < 1.29 is 9.53 Å². The van der Waals surface area contributed by atoms with Crippen LogP contribution in [0.2, 0.25) is 5.02 Å². The molecule has 0 atom stereocenters. The molecule has 0 unspecified atom stereocenters. The van der Waals surface area contributed by atoms with E-state index >= 15 is 0 Å². The minimum absolute atomic E-state index is 0.173. The number of hydrogen-bond donors (Lipinski definition) is 2. The number of pyridine rings is 1. The lowest BCUT2D eigenvalue weighted by molar-refractivity contribution is 0.205. The number of carbonyl (C=O) groups is 1. The second-order valence-corrected chi connectivity index (χ2v) is 7.97. The van der Waals surface area contributed by atoms with Crippen LogP contribution in [0, 0.1) is 0 Å². The van der Waals surface area contributed by atoms with Crippen molar-refractivity contribution in [3.8, 4) is 5.75 Å². The highest BCUT2D eigenvalue weighted by atomic mass is 35.5. The van der Waals surface area contributed by atoms with E-state index in [0.29, 0.717) is 34.1 Å². The van der Waals surface area contributed by atoms with E-state index in [0.717, 1.165) is 18.4 Å². The fourth-order valence-electron chi connectivity index (χ4n) is 3.27. The van der Waals surface area contributed by atoms with Gasteiger partial charge >= 0.3 is 6.03 Å². The number of nitrogens with zero attached hydrogens (tertiary/aromatic N) is 2. The molecular weight excluding hydrogens is 416 g/mol. The van der Waals surface area contributed by atoms with Crippen LogP contribution in [0.1, 0.15) is 12.0 Å². The Bertz CT molecular complexity index is 1110. The molecule has 0 fully saturated rings. The van der Waals surface area contributed by atoms with E-state index in [2.05, 4.69) is 15.2 Å². The quantitative estimate of drug-likeness (QED) is 0.548. The lowest BCUT2D eigenvalue weighted by Gasteiger charge is -2.24. The van der Waals surface area contributed by atoms with Crippen LogP contribution >= 0.6 is 11.6 Å². The zero-order valence-electron chi connectivity index (χ0n) is 17.9. The monoisotopic (exact) mass is 442 g/mol. The number of ether oxygens (including phenoxy) is 1. The number of benzene rings is 2. The van der Waals surface area contributed by atoms with E-state index < -0.39 is 0 Å². The molecule has 0 saturated carbocycles. The SMILES string of the molecule is COc1ccc2[nH]c(=O)c(CN(CCCN(C)C)C(=O)Nc3ccccc3Cl)cc2c1. The summed E-state index contributed by atoms with van der Waals surface area (Å²) < 4.78 is 5.28. The fraction of sp³-hybridized carbons (Fsp3) is 0.304. The van der Waals surface area contributed by atoms with Crippen molar-refractivity contribution in [1.29, 1.82) is 0 Å². The van der Waals surface area contributed by atoms with Crippen molar-refractivity contribution in [3.63, 3.8) is 0 Å². The summed E-state index contributed by atoms with van der Waals surface area (Å²) in [5, 5.41) is 4.15. The molecule has 0 saturated heterocycles. The molecule has 1 aromatic heterocycles. The second kappa shape index (κ2) is 10.3. The topological polar surface area (TPSA) is 77.7 Å². The maximum atomic E-state index is 13.0. The smallest absolute Gasteiger partial charge is 0.322 e. The van der Waals surface area contributed by atoms with Crippen LogP contribution in [0.5, 0.6) is 5.75 Å². The van der Waals surface area contributed by atoms with Gasteiger partial charge in [-0.3, -0.25) is 4.79 Å². The highest BCUT2D eigenvalue weighted by molar-refractivity contribution is 6.33. The van der Waals surface area contributed by atoms with E-state index in [1.54, 1.807) is 54.5 Å². The number of hydrogen-bond acceptors (Lipinski definition) is 4. The molecule has 1 heterocycles. The molecule has 0 spiro atoms. The summed E-state index contributed by atoms with van der Waals surface area (Å²) >= 11 is 6.19. The van der Waals surface area contributed by atoms with Gasteiger partial charge in [0.15, 0.2) is 0 Å². The first-order valence-corrected chi connectivity index (χ1v) is 10.4. The van der Waals surface area contributed by atoms with Gasteiger partial charge < -0.3 is 24.8 Å². The molecule has 164 valence electrons. The molecule has 8 heteroatoms. The van der Waals surface area contributed by atoms with Crippen LogP contribution in [0.25, 0.3) is 10.9 Å². The summed E-state index contributed by atoms with van der Waals surface area (Å²) in [5.74, 6) is 0.699. The van der Waals surface area contributed by atoms with Crippen LogP contribution in [-0.4, -0.2) is 55.1 Å². The van der Waals surface area contributed by atoms with Gasteiger partial charge in [-0.1, -0.05) is 23.7 Å². The number of H-pyrrole nitrogens is 1. The standard InChI is InChI=1S/C23H27ClN4O3/c1-27(2)11-6-12-28(23(30)26-21-8-5-4-7-19(21)24)15-17-13-16-14-18(31-3)9-10-20(16)25-22(17)29/h4-5,7-10,13-14H,6,11-12,15H2,1-3H3,(H,25,29)(H,26,30). The lowest BCUT2D eigenvalue weighted by Crippen LogP contribution is -2.37. The molecule has 0 bridgehead atoms. The molecule has 0 aliphatic heterocycles. The zero-order chi connectivity index (χ0) is 22.4. The lowest BCUT2D eigenvalue weighted by atomic mass is 10.1. The Morgan fingerprint density at radius 3 is 2.61 bits per heavy atom.